The van der Waals surface area contributed by atoms with Crippen molar-refractivity contribution in [2.24, 2.45) is 5.73 Å². The minimum Gasteiger partial charge on any atom is -0.355 e. The number of aromatic nitrogens is 2. The SMILES string of the molecule is CCC(CCN)N1CCN(c2cccc3nccn23)CC1. The quantitative estimate of drug-likeness (QED) is 0.907. The Kier molecular flexibility index (Phi) is 4.41. The van der Waals surface area contributed by atoms with Crippen molar-refractivity contribution >= 4 is 11.5 Å². The molecule has 3 heterocycles. The predicted molar refractivity (Wildman–Crippen MR) is 86.7 cm³/mol. The van der Waals surface area contributed by atoms with E-state index < -0.39 is 0 Å². The van der Waals surface area contributed by atoms with Gasteiger partial charge < -0.3 is 10.6 Å². The number of hydrogen-bond acceptors (Lipinski definition) is 4. The van der Waals surface area contributed by atoms with Gasteiger partial charge in [-0.1, -0.05) is 13.0 Å². The minimum atomic E-state index is 0.640. The first-order valence-corrected chi connectivity index (χ1v) is 7.94. The molecule has 21 heavy (non-hydrogen) atoms. The summed E-state index contributed by atoms with van der Waals surface area (Å²) in [5, 5.41) is 0. The van der Waals surface area contributed by atoms with Crippen molar-refractivity contribution in [1.82, 2.24) is 14.3 Å². The summed E-state index contributed by atoms with van der Waals surface area (Å²) in [6, 6.07) is 6.96. The highest BCUT2D eigenvalue weighted by atomic mass is 15.3. The molecule has 1 aliphatic rings. The Morgan fingerprint density at radius 3 is 2.76 bits per heavy atom. The van der Waals surface area contributed by atoms with Crippen molar-refractivity contribution in [3.63, 3.8) is 0 Å². The van der Waals surface area contributed by atoms with Crippen molar-refractivity contribution in [3.8, 4) is 0 Å². The lowest BCUT2D eigenvalue weighted by Gasteiger charge is -2.40. The lowest BCUT2D eigenvalue weighted by Crippen LogP contribution is -2.51. The van der Waals surface area contributed by atoms with E-state index in [1.807, 2.05) is 18.5 Å². The van der Waals surface area contributed by atoms with Crippen LogP contribution in [-0.2, 0) is 0 Å². The number of nitrogens with two attached hydrogens (primary N) is 1. The standard InChI is InChI=1S/C16H25N5/c1-2-14(6-7-17)19-10-12-20(13-11-19)16-5-3-4-15-18-8-9-21(15)16/h3-5,8-9,14H,2,6-7,10-13,17H2,1H3. The van der Waals surface area contributed by atoms with E-state index >= 15 is 0 Å². The number of fused-ring (bicyclic) bond motifs is 1. The van der Waals surface area contributed by atoms with Crippen LogP contribution in [0.15, 0.2) is 30.6 Å². The molecule has 1 aliphatic heterocycles. The van der Waals surface area contributed by atoms with E-state index in [9.17, 15) is 0 Å². The van der Waals surface area contributed by atoms with Gasteiger partial charge in [-0.3, -0.25) is 9.30 Å². The van der Waals surface area contributed by atoms with E-state index in [0.717, 1.165) is 44.8 Å². The van der Waals surface area contributed by atoms with Gasteiger partial charge in [0.15, 0.2) is 0 Å². The lowest BCUT2D eigenvalue weighted by atomic mass is 10.1. The van der Waals surface area contributed by atoms with Gasteiger partial charge in [-0.15, -0.1) is 0 Å². The number of imidazole rings is 1. The molecule has 0 bridgehead atoms. The number of anilines is 1. The summed E-state index contributed by atoms with van der Waals surface area (Å²) in [5.74, 6) is 1.25. The van der Waals surface area contributed by atoms with Gasteiger partial charge in [-0.2, -0.15) is 0 Å². The topological polar surface area (TPSA) is 49.8 Å². The molecular weight excluding hydrogens is 262 g/mol. The molecule has 0 aromatic carbocycles. The monoisotopic (exact) mass is 287 g/mol. The maximum Gasteiger partial charge on any atom is 0.138 e. The molecule has 1 atom stereocenters. The van der Waals surface area contributed by atoms with Crippen molar-refractivity contribution < 1.29 is 0 Å². The summed E-state index contributed by atoms with van der Waals surface area (Å²) in [4.78, 5) is 9.42. The van der Waals surface area contributed by atoms with Gasteiger partial charge in [0.05, 0.1) is 0 Å². The number of rotatable bonds is 5. The maximum absolute atomic E-state index is 5.73. The molecule has 0 spiro atoms. The molecule has 0 amide bonds. The fourth-order valence-electron chi connectivity index (χ4n) is 3.34. The van der Waals surface area contributed by atoms with Gasteiger partial charge in [0.1, 0.15) is 11.5 Å². The summed E-state index contributed by atoms with van der Waals surface area (Å²) in [6.45, 7) is 7.41. The van der Waals surface area contributed by atoms with Crippen LogP contribution in [-0.4, -0.2) is 53.1 Å². The van der Waals surface area contributed by atoms with Crippen LogP contribution in [0.3, 0.4) is 0 Å². The fraction of sp³-hybridized carbons (Fsp3) is 0.562. The maximum atomic E-state index is 5.73. The second kappa shape index (κ2) is 6.45. The molecular formula is C16H25N5. The molecule has 2 aromatic heterocycles. The fourth-order valence-corrected chi connectivity index (χ4v) is 3.34. The van der Waals surface area contributed by atoms with Crippen LogP contribution in [0.25, 0.3) is 5.65 Å². The van der Waals surface area contributed by atoms with Gasteiger partial charge in [-0.05, 0) is 31.5 Å². The van der Waals surface area contributed by atoms with Gasteiger partial charge in [-0.25, -0.2) is 4.98 Å². The van der Waals surface area contributed by atoms with E-state index in [4.69, 9.17) is 5.73 Å². The third-order valence-corrected chi connectivity index (χ3v) is 4.53. The van der Waals surface area contributed by atoms with Crippen LogP contribution >= 0.6 is 0 Å². The first-order chi connectivity index (χ1) is 10.3. The third-order valence-electron chi connectivity index (χ3n) is 4.53. The summed E-state index contributed by atoms with van der Waals surface area (Å²) >= 11 is 0. The van der Waals surface area contributed by atoms with Gasteiger partial charge in [0.25, 0.3) is 0 Å². The van der Waals surface area contributed by atoms with Crippen LogP contribution in [0, 0.1) is 0 Å². The zero-order valence-electron chi connectivity index (χ0n) is 12.8. The van der Waals surface area contributed by atoms with Crippen LogP contribution in [0.1, 0.15) is 19.8 Å². The molecule has 0 saturated carbocycles. The minimum absolute atomic E-state index is 0.640. The van der Waals surface area contributed by atoms with Crippen molar-refractivity contribution in [3.05, 3.63) is 30.6 Å². The second-order valence-corrected chi connectivity index (χ2v) is 5.70. The first-order valence-electron chi connectivity index (χ1n) is 7.94. The molecule has 0 radical (unpaired) electrons. The highest BCUT2D eigenvalue weighted by molar-refractivity contribution is 5.51. The average molecular weight is 287 g/mol. The number of hydrogen-bond donors (Lipinski definition) is 1. The van der Waals surface area contributed by atoms with E-state index in [1.54, 1.807) is 0 Å². The van der Waals surface area contributed by atoms with Gasteiger partial charge >= 0.3 is 0 Å². The van der Waals surface area contributed by atoms with E-state index in [1.165, 1.54) is 12.2 Å². The summed E-state index contributed by atoms with van der Waals surface area (Å²) < 4.78 is 2.17. The molecule has 2 N–H and O–H groups in total. The molecule has 1 unspecified atom stereocenters. The zero-order valence-corrected chi connectivity index (χ0v) is 12.8. The third kappa shape index (κ3) is 2.89. The van der Waals surface area contributed by atoms with Crippen LogP contribution in [0.2, 0.25) is 0 Å². The zero-order chi connectivity index (χ0) is 14.7. The molecule has 3 rings (SSSR count). The highest BCUT2D eigenvalue weighted by Crippen LogP contribution is 2.20. The summed E-state index contributed by atoms with van der Waals surface area (Å²) in [5.41, 5.74) is 6.75. The Bertz CT molecular complexity index is 571. The van der Waals surface area contributed by atoms with Crippen LogP contribution in [0.4, 0.5) is 5.82 Å². The van der Waals surface area contributed by atoms with Crippen molar-refractivity contribution in [1.29, 1.82) is 0 Å². The molecule has 5 heteroatoms. The average Bonchev–Trinajstić information content (AvgIpc) is 3.01. The lowest BCUT2D eigenvalue weighted by molar-refractivity contribution is 0.173. The summed E-state index contributed by atoms with van der Waals surface area (Å²) in [7, 11) is 0. The smallest absolute Gasteiger partial charge is 0.138 e. The number of piperazine rings is 1. The Hall–Kier alpha value is -1.59. The van der Waals surface area contributed by atoms with Gasteiger partial charge in [0.2, 0.25) is 0 Å². The first kappa shape index (κ1) is 14.4. The molecule has 1 fully saturated rings. The van der Waals surface area contributed by atoms with E-state index in [2.05, 4.69) is 38.2 Å². The van der Waals surface area contributed by atoms with Crippen molar-refractivity contribution in [2.45, 2.75) is 25.8 Å². The Labute approximate surface area is 126 Å². The Balaban J connectivity index is 1.69. The Morgan fingerprint density at radius 1 is 1.24 bits per heavy atom. The van der Waals surface area contributed by atoms with Gasteiger partial charge in [0, 0.05) is 44.6 Å². The molecule has 1 saturated heterocycles. The van der Waals surface area contributed by atoms with E-state index in [0.29, 0.717) is 6.04 Å². The predicted octanol–water partition coefficient (Wildman–Crippen LogP) is 1.58. The molecule has 0 aliphatic carbocycles. The van der Waals surface area contributed by atoms with E-state index in [-0.39, 0.29) is 0 Å². The molecule has 5 nitrogen and oxygen atoms in total. The van der Waals surface area contributed by atoms with Crippen LogP contribution < -0.4 is 10.6 Å². The summed E-state index contributed by atoms with van der Waals surface area (Å²) in [6.07, 6.45) is 6.20. The largest absolute Gasteiger partial charge is 0.355 e. The Morgan fingerprint density at radius 2 is 2.05 bits per heavy atom. The van der Waals surface area contributed by atoms with Crippen molar-refractivity contribution in [2.75, 3.05) is 37.6 Å². The normalized spacial score (nSPS) is 18.3. The molecule has 2 aromatic rings. The number of nitrogens with zero attached hydrogens (tertiary/aromatic N) is 4. The second-order valence-electron chi connectivity index (χ2n) is 5.70. The molecule has 114 valence electrons. The van der Waals surface area contributed by atoms with Crippen LogP contribution in [0.5, 0.6) is 0 Å². The number of pyridine rings is 1. The highest BCUT2D eigenvalue weighted by Gasteiger charge is 2.23.